The van der Waals surface area contributed by atoms with E-state index in [1.54, 1.807) is 4.90 Å². The molecule has 0 aliphatic rings. The minimum Gasteiger partial charge on any atom is -0.383 e. The van der Waals surface area contributed by atoms with Crippen molar-refractivity contribution >= 4 is 38.9 Å². The summed E-state index contributed by atoms with van der Waals surface area (Å²) in [5.74, 6) is -2.28. The molecule has 0 saturated carbocycles. The second kappa shape index (κ2) is 11.2. The molecule has 0 atom stereocenters. The summed E-state index contributed by atoms with van der Waals surface area (Å²) in [6, 6.07) is 2.16. The van der Waals surface area contributed by atoms with Crippen LogP contribution in [0.25, 0.3) is 11.3 Å². The van der Waals surface area contributed by atoms with Gasteiger partial charge in [-0.25, -0.2) is 19.3 Å². The largest absolute Gasteiger partial charge is 0.416 e. The molecule has 0 saturated heterocycles. The van der Waals surface area contributed by atoms with E-state index in [4.69, 9.17) is 21.1 Å². The quantitative estimate of drug-likeness (QED) is 0.282. The molecule has 0 radical (unpaired) electrons. The number of benzene rings is 1. The van der Waals surface area contributed by atoms with Gasteiger partial charge in [-0.2, -0.15) is 17.6 Å². The molecule has 0 unspecified atom stereocenters. The Morgan fingerprint density at radius 1 is 1.06 bits per heavy atom. The SMILES string of the molecule is COCCN(CCOC)c1sc(Nc2ncnc(Cl)c2F)nc1-c1cc(F)cc(C(F)(F)F)c1. The van der Waals surface area contributed by atoms with Crippen LogP contribution in [0.15, 0.2) is 24.5 Å². The lowest BCUT2D eigenvalue weighted by molar-refractivity contribution is -0.137. The van der Waals surface area contributed by atoms with Crippen LogP contribution in [-0.4, -0.2) is 55.5 Å². The minimum atomic E-state index is -4.76. The van der Waals surface area contributed by atoms with E-state index in [0.717, 1.165) is 29.8 Å². The third kappa shape index (κ3) is 6.29. The van der Waals surface area contributed by atoms with Gasteiger partial charge < -0.3 is 19.7 Å². The molecule has 3 rings (SSSR count). The Labute approximate surface area is 200 Å². The van der Waals surface area contributed by atoms with Gasteiger partial charge in [0.25, 0.3) is 0 Å². The Morgan fingerprint density at radius 2 is 1.74 bits per heavy atom. The number of alkyl halides is 3. The highest BCUT2D eigenvalue weighted by Gasteiger charge is 2.32. The number of hydrogen-bond acceptors (Lipinski definition) is 8. The molecule has 0 bridgehead atoms. The number of thiazole rings is 1. The van der Waals surface area contributed by atoms with Gasteiger partial charge in [0.15, 0.2) is 16.1 Å². The summed E-state index contributed by atoms with van der Waals surface area (Å²) in [5.41, 5.74) is -1.21. The maximum Gasteiger partial charge on any atom is 0.416 e. The zero-order valence-corrected chi connectivity index (χ0v) is 19.5. The predicted octanol–water partition coefficient (Wildman–Crippen LogP) is 5.39. The van der Waals surface area contributed by atoms with Crippen molar-refractivity contribution in [3.63, 3.8) is 0 Å². The number of nitrogens with one attached hydrogen (secondary N) is 1. The zero-order chi connectivity index (χ0) is 24.9. The van der Waals surface area contributed by atoms with Crippen LogP contribution in [0.4, 0.5) is 37.9 Å². The van der Waals surface area contributed by atoms with Crippen LogP contribution in [0.5, 0.6) is 0 Å². The van der Waals surface area contributed by atoms with Crippen LogP contribution in [0, 0.1) is 11.6 Å². The fourth-order valence-corrected chi connectivity index (χ4v) is 4.09. The number of anilines is 3. The summed E-state index contributed by atoms with van der Waals surface area (Å²) in [4.78, 5) is 13.4. The van der Waals surface area contributed by atoms with E-state index in [-0.39, 0.29) is 35.4 Å². The molecule has 0 amide bonds. The molecular formula is C20H19ClF5N5O2S. The number of rotatable bonds is 10. The molecule has 0 spiro atoms. The maximum absolute atomic E-state index is 14.3. The van der Waals surface area contributed by atoms with Crippen molar-refractivity contribution in [1.29, 1.82) is 0 Å². The molecule has 0 fully saturated rings. The van der Waals surface area contributed by atoms with Crippen molar-refractivity contribution in [3.8, 4) is 11.3 Å². The first-order chi connectivity index (χ1) is 16.1. The summed E-state index contributed by atoms with van der Waals surface area (Å²) in [6.45, 7) is 1.25. The second-order valence-corrected chi connectivity index (χ2v) is 8.16. The number of nitrogens with zero attached hydrogens (tertiary/aromatic N) is 4. The van der Waals surface area contributed by atoms with Crippen LogP contribution in [0.3, 0.4) is 0 Å². The molecule has 2 aromatic heterocycles. The van der Waals surface area contributed by atoms with E-state index in [1.807, 2.05) is 0 Å². The first-order valence-corrected chi connectivity index (χ1v) is 10.9. The molecule has 0 aliphatic heterocycles. The number of ether oxygens (including phenoxy) is 2. The number of methoxy groups -OCH3 is 2. The molecule has 0 aliphatic carbocycles. The predicted molar refractivity (Wildman–Crippen MR) is 119 cm³/mol. The third-order valence-corrected chi connectivity index (χ3v) is 5.79. The lowest BCUT2D eigenvalue weighted by atomic mass is 10.1. The van der Waals surface area contributed by atoms with Crippen LogP contribution in [0.1, 0.15) is 5.56 Å². The molecule has 7 nitrogen and oxygen atoms in total. The van der Waals surface area contributed by atoms with Crippen molar-refractivity contribution in [1.82, 2.24) is 15.0 Å². The van der Waals surface area contributed by atoms with Crippen molar-refractivity contribution in [2.45, 2.75) is 6.18 Å². The fraction of sp³-hybridized carbons (Fsp3) is 0.350. The normalized spacial score (nSPS) is 11.6. The Kier molecular flexibility index (Phi) is 8.57. The molecular weight excluding hydrogens is 505 g/mol. The summed E-state index contributed by atoms with van der Waals surface area (Å²) in [5, 5.41) is 2.73. The summed E-state index contributed by atoms with van der Waals surface area (Å²) in [7, 11) is 3.00. The van der Waals surface area contributed by atoms with E-state index < -0.39 is 28.5 Å². The number of hydrogen-bond donors (Lipinski definition) is 1. The average Bonchev–Trinajstić information content (AvgIpc) is 3.20. The number of halogens is 6. The summed E-state index contributed by atoms with van der Waals surface area (Å²) >= 11 is 6.70. The molecule has 1 N–H and O–H groups in total. The minimum absolute atomic E-state index is 0.0604. The lowest BCUT2D eigenvalue weighted by Crippen LogP contribution is -2.30. The highest BCUT2D eigenvalue weighted by atomic mass is 35.5. The van der Waals surface area contributed by atoms with Crippen molar-refractivity contribution in [2.75, 3.05) is 50.7 Å². The smallest absolute Gasteiger partial charge is 0.383 e. The van der Waals surface area contributed by atoms with Gasteiger partial charge in [-0.1, -0.05) is 22.9 Å². The van der Waals surface area contributed by atoms with Gasteiger partial charge in [-0.3, -0.25) is 0 Å². The van der Waals surface area contributed by atoms with E-state index in [9.17, 15) is 22.0 Å². The average molecular weight is 524 g/mol. The van der Waals surface area contributed by atoms with E-state index in [1.165, 1.54) is 14.2 Å². The zero-order valence-electron chi connectivity index (χ0n) is 17.9. The Bertz CT molecular complexity index is 1120. The van der Waals surface area contributed by atoms with Crippen molar-refractivity contribution in [3.05, 3.63) is 46.9 Å². The standard InChI is InChI=1S/C20H19ClF5N5O2S/c1-32-5-3-31(4-6-33-2)18-15(11-7-12(20(24,25)26)9-13(22)8-11)29-19(34-18)30-17-14(23)16(21)27-10-28-17/h7-10H,3-6H2,1-2H3,(H,27,28,29,30). The Hall–Kier alpha value is -2.61. The monoisotopic (exact) mass is 523 g/mol. The highest BCUT2D eigenvalue weighted by molar-refractivity contribution is 7.20. The summed E-state index contributed by atoms with van der Waals surface area (Å²) < 4.78 is 78.7. The molecule has 34 heavy (non-hydrogen) atoms. The van der Waals surface area contributed by atoms with Crippen LogP contribution < -0.4 is 10.2 Å². The summed E-state index contributed by atoms with van der Waals surface area (Å²) in [6.07, 6.45) is -3.73. The second-order valence-electron chi connectivity index (χ2n) is 6.82. The number of aromatic nitrogens is 3. The molecule has 2 heterocycles. The van der Waals surface area contributed by atoms with Crippen LogP contribution >= 0.6 is 22.9 Å². The van der Waals surface area contributed by atoms with Crippen LogP contribution in [0.2, 0.25) is 5.15 Å². The maximum atomic E-state index is 14.3. The van der Waals surface area contributed by atoms with Gasteiger partial charge in [0.05, 0.1) is 18.8 Å². The topological polar surface area (TPSA) is 72.4 Å². The van der Waals surface area contributed by atoms with Crippen LogP contribution in [-0.2, 0) is 15.7 Å². The van der Waals surface area contributed by atoms with Gasteiger partial charge >= 0.3 is 6.18 Å². The van der Waals surface area contributed by atoms with E-state index >= 15 is 0 Å². The lowest BCUT2D eigenvalue weighted by Gasteiger charge is -2.23. The molecule has 184 valence electrons. The molecule has 1 aromatic carbocycles. The highest BCUT2D eigenvalue weighted by Crippen LogP contribution is 2.42. The van der Waals surface area contributed by atoms with Gasteiger partial charge in [0, 0.05) is 32.9 Å². The van der Waals surface area contributed by atoms with E-state index in [0.29, 0.717) is 24.2 Å². The third-order valence-electron chi connectivity index (χ3n) is 4.50. The van der Waals surface area contributed by atoms with Gasteiger partial charge in [0.2, 0.25) is 5.82 Å². The van der Waals surface area contributed by atoms with Crippen molar-refractivity contribution in [2.24, 2.45) is 0 Å². The first kappa shape index (κ1) is 26.0. The van der Waals surface area contributed by atoms with Crippen molar-refractivity contribution < 1.29 is 31.4 Å². The van der Waals surface area contributed by atoms with Gasteiger partial charge in [0.1, 0.15) is 22.8 Å². The Morgan fingerprint density at radius 3 is 2.35 bits per heavy atom. The molecule has 14 heteroatoms. The van der Waals surface area contributed by atoms with E-state index in [2.05, 4.69) is 20.3 Å². The van der Waals surface area contributed by atoms with Gasteiger partial charge in [-0.05, 0) is 18.2 Å². The molecule has 3 aromatic rings. The first-order valence-electron chi connectivity index (χ1n) is 9.68. The van der Waals surface area contributed by atoms with Gasteiger partial charge in [-0.15, -0.1) is 0 Å². The Balaban J connectivity index is 2.12. The fourth-order valence-electron chi connectivity index (χ4n) is 2.91.